The lowest BCUT2D eigenvalue weighted by Crippen LogP contribution is -2.46. The molecule has 224 valence electrons. The number of anilines is 2. The molecule has 0 radical (unpaired) electrons. The van der Waals surface area contributed by atoms with E-state index in [2.05, 4.69) is 14.8 Å². The van der Waals surface area contributed by atoms with Gasteiger partial charge in [-0.2, -0.15) is 0 Å². The summed E-state index contributed by atoms with van der Waals surface area (Å²) >= 11 is 12.8. The molecular formula is C34H36Cl2N4O3. The molecule has 0 amide bonds. The molecule has 1 fully saturated rings. The number of aryl methyl sites for hydroxylation is 2. The number of aromatic amines is 1. The van der Waals surface area contributed by atoms with E-state index in [0.717, 1.165) is 48.8 Å². The highest BCUT2D eigenvalue weighted by atomic mass is 35.5. The predicted molar refractivity (Wildman–Crippen MR) is 175 cm³/mol. The average molecular weight is 620 g/mol. The van der Waals surface area contributed by atoms with Crippen LogP contribution in [-0.4, -0.2) is 48.5 Å². The fraction of sp³-hybridized carbons (Fsp3) is 0.324. The molecule has 0 bridgehead atoms. The Morgan fingerprint density at radius 3 is 2.26 bits per heavy atom. The second-order valence-corrected chi connectivity index (χ2v) is 11.3. The number of benzene rings is 3. The smallest absolute Gasteiger partial charge is 0.254 e. The molecule has 5 rings (SSSR count). The molecule has 0 unspecified atom stereocenters. The molecule has 0 saturated carbocycles. The minimum Gasteiger partial charge on any atom is -0.491 e. The van der Waals surface area contributed by atoms with E-state index in [1.54, 1.807) is 6.07 Å². The van der Waals surface area contributed by atoms with Gasteiger partial charge in [0.05, 0.1) is 39.3 Å². The Balaban J connectivity index is 1.36. The quantitative estimate of drug-likeness (QED) is 0.148. The van der Waals surface area contributed by atoms with Crippen molar-refractivity contribution in [1.82, 2.24) is 9.97 Å². The molecule has 43 heavy (non-hydrogen) atoms. The molecule has 9 heteroatoms. The molecule has 2 heterocycles. The second kappa shape index (κ2) is 14.1. The third-order valence-corrected chi connectivity index (χ3v) is 8.62. The number of H-pyrrole nitrogens is 1. The molecule has 1 aliphatic rings. The van der Waals surface area contributed by atoms with Crippen LogP contribution in [0.1, 0.15) is 53.3 Å². The topological polar surface area (TPSA) is 78.5 Å². The fourth-order valence-electron chi connectivity index (χ4n) is 5.56. The van der Waals surface area contributed by atoms with Gasteiger partial charge in [0.25, 0.3) is 5.56 Å². The number of nitrogens with zero attached hydrogens (tertiary/aromatic N) is 3. The average Bonchev–Trinajstić information content (AvgIpc) is 3.04. The van der Waals surface area contributed by atoms with Crippen molar-refractivity contribution >= 4 is 40.4 Å². The number of rotatable bonds is 11. The largest absolute Gasteiger partial charge is 0.491 e. The maximum atomic E-state index is 13.6. The van der Waals surface area contributed by atoms with Crippen molar-refractivity contribution in [1.29, 1.82) is 0 Å². The number of ketones is 1. The summed E-state index contributed by atoms with van der Waals surface area (Å²) in [6, 6.07) is 20.7. The van der Waals surface area contributed by atoms with Crippen LogP contribution in [0.4, 0.5) is 11.4 Å². The molecule has 1 aliphatic heterocycles. The number of halogens is 2. The maximum absolute atomic E-state index is 13.6. The van der Waals surface area contributed by atoms with Gasteiger partial charge in [-0.3, -0.25) is 9.59 Å². The Morgan fingerprint density at radius 2 is 1.56 bits per heavy atom. The van der Waals surface area contributed by atoms with E-state index in [0.29, 0.717) is 65.0 Å². The predicted octanol–water partition coefficient (Wildman–Crippen LogP) is 6.77. The van der Waals surface area contributed by atoms with Gasteiger partial charge in [-0.15, -0.1) is 0 Å². The van der Waals surface area contributed by atoms with Gasteiger partial charge in [-0.1, -0.05) is 79.5 Å². The van der Waals surface area contributed by atoms with Gasteiger partial charge in [0, 0.05) is 43.7 Å². The van der Waals surface area contributed by atoms with E-state index in [1.165, 1.54) is 0 Å². The lowest BCUT2D eigenvalue weighted by atomic mass is 10.0. The Hall–Kier alpha value is -3.81. The van der Waals surface area contributed by atoms with Crippen molar-refractivity contribution in [3.63, 3.8) is 0 Å². The summed E-state index contributed by atoms with van der Waals surface area (Å²) in [5.41, 5.74) is 4.46. The molecule has 0 aliphatic carbocycles. The van der Waals surface area contributed by atoms with Crippen molar-refractivity contribution in [2.45, 2.75) is 39.5 Å². The zero-order valence-electron chi connectivity index (χ0n) is 24.5. The van der Waals surface area contributed by atoms with Crippen LogP contribution in [0.15, 0.2) is 71.5 Å². The second-order valence-electron chi connectivity index (χ2n) is 10.5. The van der Waals surface area contributed by atoms with Gasteiger partial charge in [-0.25, -0.2) is 4.98 Å². The number of para-hydroxylation sites is 1. The summed E-state index contributed by atoms with van der Waals surface area (Å²) < 4.78 is 6.43. The van der Waals surface area contributed by atoms with Gasteiger partial charge >= 0.3 is 0 Å². The Labute approximate surface area is 262 Å². The number of nitrogens with one attached hydrogen (secondary N) is 1. The van der Waals surface area contributed by atoms with Crippen molar-refractivity contribution in [3.05, 3.63) is 115 Å². The lowest BCUT2D eigenvalue weighted by molar-refractivity contribution is 0.103. The third kappa shape index (κ3) is 6.89. The molecule has 7 nitrogen and oxygen atoms in total. The summed E-state index contributed by atoms with van der Waals surface area (Å²) in [4.78, 5) is 38.3. The number of ether oxygens (including phenoxy) is 1. The molecule has 0 atom stereocenters. The number of carbonyl (C=O) groups is 1. The Morgan fingerprint density at radius 1 is 0.884 bits per heavy atom. The van der Waals surface area contributed by atoms with E-state index in [-0.39, 0.29) is 11.3 Å². The summed E-state index contributed by atoms with van der Waals surface area (Å²) in [5, 5.41) is 1.10. The number of aromatic nitrogens is 2. The van der Waals surface area contributed by atoms with Crippen LogP contribution in [0.5, 0.6) is 5.75 Å². The minimum atomic E-state index is -0.0875. The summed E-state index contributed by atoms with van der Waals surface area (Å²) in [5.74, 6) is 1.14. The van der Waals surface area contributed by atoms with Crippen LogP contribution in [-0.2, 0) is 19.3 Å². The number of carbonyl (C=O) groups excluding carboxylic acids is 1. The number of hydrogen-bond donors (Lipinski definition) is 1. The highest BCUT2D eigenvalue weighted by molar-refractivity contribution is 6.43. The van der Waals surface area contributed by atoms with Crippen LogP contribution in [0.2, 0.25) is 10.0 Å². The van der Waals surface area contributed by atoms with E-state index in [9.17, 15) is 9.59 Å². The highest BCUT2D eigenvalue weighted by Crippen LogP contribution is 2.37. The van der Waals surface area contributed by atoms with E-state index in [1.807, 2.05) is 74.5 Å². The molecule has 1 saturated heterocycles. The minimum absolute atomic E-state index is 0.0652. The van der Waals surface area contributed by atoms with Crippen LogP contribution >= 0.6 is 23.2 Å². The van der Waals surface area contributed by atoms with Gasteiger partial charge < -0.3 is 19.5 Å². The van der Waals surface area contributed by atoms with Gasteiger partial charge in [0.1, 0.15) is 5.82 Å². The van der Waals surface area contributed by atoms with Crippen molar-refractivity contribution in [2.75, 3.05) is 42.6 Å². The third-order valence-electron chi connectivity index (χ3n) is 7.81. The Kier molecular flexibility index (Phi) is 10.1. The summed E-state index contributed by atoms with van der Waals surface area (Å²) in [6.07, 6.45) is 2.57. The van der Waals surface area contributed by atoms with Gasteiger partial charge in [0.15, 0.2) is 11.5 Å². The first-order valence-electron chi connectivity index (χ1n) is 14.8. The highest BCUT2D eigenvalue weighted by Gasteiger charge is 2.25. The van der Waals surface area contributed by atoms with Gasteiger partial charge in [0.2, 0.25) is 0 Å². The molecule has 1 aromatic heterocycles. The van der Waals surface area contributed by atoms with Crippen LogP contribution in [0, 0.1) is 0 Å². The standard InChI is InChI=1S/C34H36Cl2N4O3/c1-3-24-27(4-2)37-30(38-34(24)42)17-10-22-43-33-25(32(41)23-11-6-5-7-12-23)13-8-16-29(33)40-20-18-39(19-21-40)28-15-9-14-26(35)31(28)36/h5-9,11-16H,3-4,10,17-22H2,1-2H3,(H,37,38,42). The first-order valence-corrected chi connectivity index (χ1v) is 15.6. The Bertz CT molecular complexity index is 1630. The molecule has 4 aromatic rings. The monoisotopic (exact) mass is 618 g/mol. The number of hydrogen-bond acceptors (Lipinski definition) is 6. The van der Waals surface area contributed by atoms with Crippen LogP contribution in [0.25, 0.3) is 0 Å². The lowest BCUT2D eigenvalue weighted by Gasteiger charge is -2.38. The normalized spacial score (nSPS) is 13.3. The SMILES string of the molecule is CCc1nc(CCCOc2c(C(=O)c3ccccc3)cccc2N2CCN(c3cccc(Cl)c3Cl)CC2)[nH]c(=O)c1CC. The van der Waals surface area contributed by atoms with Gasteiger partial charge in [-0.05, 0) is 43.5 Å². The molecular weight excluding hydrogens is 583 g/mol. The first-order chi connectivity index (χ1) is 20.9. The van der Waals surface area contributed by atoms with Crippen molar-refractivity contribution in [3.8, 4) is 5.75 Å². The van der Waals surface area contributed by atoms with E-state index >= 15 is 0 Å². The maximum Gasteiger partial charge on any atom is 0.254 e. The number of piperazine rings is 1. The molecule has 3 aromatic carbocycles. The van der Waals surface area contributed by atoms with Crippen molar-refractivity contribution in [2.24, 2.45) is 0 Å². The first kappa shape index (κ1) is 30.6. The van der Waals surface area contributed by atoms with Crippen molar-refractivity contribution < 1.29 is 9.53 Å². The molecule has 0 spiro atoms. The zero-order valence-corrected chi connectivity index (χ0v) is 26.0. The van der Waals surface area contributed by atoms with Crippen LogP contribution in [0.3, 0.4) is 0 Å². The molecule has 1 N–H and O–H groups in total. The van der Waals surface area contributed by atoms with Crippen LogP contribution < -0.4 is 20.1 Å². The fourth-order valence-corrected chi connectivity index (χ4v) is 5.97. The zero-order chi connectivity index (χ0) is 30.3. The summed E-state index contributed by atoms with van der Waals surface area (Å²) in [6.45, 7) is 7.26. The van der Waals surface area contributed by atoms with E-state index < -0.39 is 0 Å². The summed E-state index contributed by atoms with van der Waals surface area (Å²) in [7, 11) is 0. The van der Waals surface area contributed by atoms with E-state index in [4.69, 9.17) is 32.9 Å².